The standard InChI is InChI=1S/C17H22N2O2/c1-13(18-11-9-15-6-4-5-10-19-15)14-7-8-16(20-2)17(12-14)21-3/h4-8,10,12-13,18H,9,11H2,1-3H3. The molecule has 0 saturated heterocycles. The van der Waals surface area contributed by atoms with Crippen molar-refractivity contribution < 1.29 is 9.47 Å². The van der Waals surface area contributed by atoms with Gasteiger partial charge in [-0.1, -0.05) is 12.1 Å². The van der Waals surface area contributed by atoms with Gasteiger partial charge in [0.15, 0.2) is 11.5 Å². The predicted molar refractivity (Wildman–Crippen MR) is 83.9 cm³/mol. The zero-order valence-corrected chi connectivity index (χ0v) is 12.8. The van der Waals surface area contributed by atoms with Crippen LogP contribution in [-0.2, 0) is 6.42 Å². The van der Waals surface area contributed by atoms with Crippen molar-refractivity contribution in [2.24, 2.45) is 0 Å². The zero-order valence-electron chi connectivity index (χ0n) is 12.8. The number of pyridine rings is 1. The summed E-state index contributed by atoms with van der Waals surface area (Å²) in [5.41, 5.74) is 2.28. The highest BCUT2D eigenvalue weighted by Gasteiger charge is 2.09. The lowest BCUT2D eigenvalue weighted by molar-refractivity contribution is 0.354. The minimum Gasteiger partial charge on any atom is -0.493 e. The number of ether oxygens (including phenoxy) is 2. The van der Waals surface area contributed by atoms with Gasteiger partial charge in [0, 0.05) is 30.9 Å². The summed E-state index contributed by atoms with van der Waals surface area (Å²) < 4.78 is 10.6. The van der Waals surface area contributed by atoms with E-state index in [9.17, 15) is 0 Å². The quantitative estimate of drug-likeness (QED) is 0.849. The van der Waals surface area contributed by atoms with Gasteiger partial charge in [-0.25, -0.2) is 0 Å². The molecular weight excluding hydrogens is 264 g/mol. The Kier molecular flexibility index (Phi) is 5.58. The van der Waals surface area contributed by atoms with Gasteiger partial charge in [0.1, 0.15) is 0 Å². The molecular formula is C17H22N2O2. The molecule has 0 saturated carbocycles. The monoisotopic (exact) mass is 286 g/mol. The maximum atomic E-state index is 5.34. The van der Waals surface area contributed by atoms with Crippen LogP contribution < -0.4 is 14.8 Å². The number of methoxy groups -OCH3 is 2. The predicted octanol–water partition coefficient (Wildman–Crippen LogP) is 2.99. The van der Waals surface area contributed by atoms with Gasteiger partial charge in [-0.2, -0.15) is 0 Å². The van der Waals surface area contributed by atoms with Gasteiger partial charge in [0.25, 0.3) is 0 Å². The summed E-state index contributed by atoms with van der Waals surface area (Å²) in [5, 5.41) is 3.50. The summed E-state index contributed by atoms with van der Waals surface area (Å²) in [6.45, 7) is 3.02. The highest BCUT2D eigenvalue weighted by molar-refractivity contribution is 5.43. The Hall–Kier alpha value is -2.07. The first-order chi connectivity index (χ1) is 10.2. The number of aromatic nitrogens is 1. The molecule has 0 radical (unpaired) electrons. The normalized spacial score (nSPS) is 12.0. The molecule has 112 valence electrons. The Labute approximate surface area is 126 Å². The van der Waals surface area contributed by atoms with Crippen LogP contribution >= 0.6 is 0 Å². The Morgan fingerprint density at radius 2 is 1.90 bits per heavy atom. The molecule has 0 spiro atoms. The summed E-state index contributed by atoms with van der Waals surface area (Å²) in [5.74, 6) is 1.51. The summed E-state index contributed by atoms with van der Waals surface area (Å²) in [4.78, 5) is 4.32. The SMILES string of the molecule is COc1ccc(C(C)NCCc2ccccn2)cc1OC. The maximum absolute atomic E-state index is 5.34. The molecule has 0 aliphatic heterocycles. The molecule has 0 fully saturated rings. The largest absolute Gasteiger partial charge is 0.493 e. The molecule has 1 atom stereocenters. The molecule has 4 nitrogen and oxygen atoms in total. The van der Waals surface area contributed by atoms with Crippen molar-refractivity contribution in [2.45, 2.75) is 19.4 Å². The first-order valence-electron chi connectivity index (χ1n) is 7.10. The second kappa shape index (κ2) is 7.64. The molecule has 4 heteroatoms. The smallest absolute Gasteiger partial charge is 0.161 e. The Balaban J connectivity index is 1.92. The molecule has 21 heavy (non-hydrogen) atoms. The van der Waals surface area contributed by atoms with Crippen LogP contribution in [0.1, 0.15) is 24.2 Å². The molecule has 2 rings (SSSR count). The van der Waals surface area contributed by atoms with E-state index in [1.165, 1.54) is 5.56 Å². The van der Waals surface area contributed by atoms with E-state index in [1.807, 2.05) is 36.5 Å². The number of hydrogen-bond acceptors (Lipinski definition) is 4. The van der Waals surface area contributed by atoms with Gasteiger partial charge in [-0.15, -0.1) is 0 Å². The second-order valence-electron chi connectivity index (χ2n) is 4.86. The first kappa shape index (κ1) is 15.3. The van der Waals surface area contributed by atoms with Crippen molar-refractivity contribution >= 4 is 0 Å². The highest BCUT2D eigenvalue weighted by Crippen LogP contribution is 2.29. The van der Waals surface area contributed by atoms with E-state index < -0.39 is 0 Å². The fourth-order valence-electron chi connectivity index (χ4n) is 2.20. The molecule has 0 aliphatic carbocycles. The lowest BCUT2D eigenvalue weighted by Gasteiger charge is -2.16. The molecule has 1 N–H and O–H groups in total. The maximum Gasteiger partial charge on any atom is 0.161 e. The second-order valence-corrected chi connectivity index (χ2v) is 4.86. The van der Waals surface area contributed by atoms with Crippen molar-refractivity contribution in [2.75, 3.05) is 20.8 Å². The molecule has 1 aromatic heterocycles. The van der Waals surface area contributed by atoms with E-state index in [0.717, 1.165) is 30.2 Å². The third-order valence-electron chi connectivity index (χ3n) is 3.47. The summed E-state index contributed by atoms with van der Waals surface area (Å²) >= 11 is 0. The summed E-state index contributed by atoms with van der Waals surface area (Å²) in [7, 11) is 3.30. The fourth-order valence-corrected chi connectivity index (χ4v) is 2.20. The van der Waals surface area contributed by atoms with E-state index in [-0.39, 0.29) is 6.04 Å². The summed E-state index contributed by atoms with van der Waals surface area (Å²) in [6.07, 6.45) is 2.74. The minimum atomic E-state index is 0.244. The highest BCUT2D eigenvalue weighted by atomic mass is 16.5. The van der Waals surface area contributed by atoms with Gasteiger partial charge >= 0.3 is 0 Å². The molecule has 0 bridgehead atoms. The van der Waals surface area contributed by atoms with Crippen LogP contribution in [0.5, 0.6) is 11.5 Å². The van der Waals surface area contributed by atoms with Crippen LogP contribution in [0.4, 0.5) is 0 Å². The average Bonchev–Trinajstić information content (AvgIpc) is 2.55. The van der Waals surface area contributed by atoms with Gasteiger partial charge in [-0.3, -0.25) is 4.98 Å². The van der Waals surface area contributed by atoms with Gasteiger partial charge < -0.3 is 14.8 Å². The van der Waals surface area contributed by atoms with Crippen LogP contribution in [0.25, 0.3) is 0 Å². The van der Waals surface area contributed by atoms with Crippen molar-refractivity contribution in [3.63, 3.8) is 0 Å². The van der Waals surface area contributed by atoms with E-state index in [2.05, 4.69) is 23.3 Å². The average molecular weight is 286 g/mol. The van der Waals surface area contributed by atoms with E-state index in [0.29, 0.717) is 0 Å². The molecule has 1 heterocycles. The number of rotatable bonds is 7. The molecule has 2 aromatic rings. The number of hydrogen-bond donors (Lipinski definition) is 1. The third-order valence-corrected chi connectivity index (χ3v) is 3.47. The molecule has 1 unspecified atom stereocenters. The van der Waals surface area contributed by atoms with Crippen molar-refractivity contribution in [3.05, 3.63) is 53.9 Å². The lowest BCUT2D eigenvalue weighted by atomic mass is 10.1. The van der Waals surface area contributed by atoms with Crippen LogP contribution in [0.3, 0.4) is 0 Å². The molecule has 0 aliphatic rings. The topological polar surface area (TPSA) is 43.4 Å². The van der Waals surface area contributed by atoms with Crippen LogP contribution in [0.15, 0.2) is 42.6 Å². The molecule has 0 amide bonds. The lowest BCUT2D eigenvalue weighted by Crippen LogP contribution is -2.21. The van der Waals surface area contributed by atoms with E-state index >= 15 is 0 Å². The van der Waals surface area contributed by atoms with Crippen LogP contribution in [0, 0.1) is 0 Å². The number of benzene rings is 1. The van der Waals surface area contributed by atoms with E-state index in [1.54, 1.807) is 14.2 Å². The van der Waals surface area contributed by atoms with Gasteiger partial charge in [0.05, 0.1) is 14.2 Å². The van der Waals surface area contributed by atoms with Gasteiger partial charge in [-0.05, 0) is 36.8 Å². The van der Waals surface area contributed by atoms with E-state index in [4.69, 9.17) is 9.47 Å². The first-order valence-corrected chi connectivity index (χ1v) is 7.10. The summed E-state index contributed by atoms with van der Waals surface area (Å²) in [6, 6.07) is 12.2. The molecule has 1 aromatic carbocycles. The van der Waals surface area contributed by atoms with Crippen molar-refractivity contribution in [1.29, 1.82) is 0 Å². The Morgan fingerprint density at radius 3 is 2.57 bits per heavy atom. The third kappa shape index (κ3) is 4.20. The Morgan fingerprint density at radius 1 is 1.10 bits per heavy atom. The van der Waals surface area contributed by atoms with Gasteiger partial charge in [0.2, 0.25) is 0 Å². The Bertz CT molecular complexity index is 558. The minimum absolute atomic E-state index is 0.244. The number of nitrogens with one attached hydrogen (secondary N) is 1. The van der Waals surface area contributed by atoms with Crippen LogP contribution in [0.2, 0.25) is 0 Å². The zero-order chi connectivity index (χ0) is 15.1. The van der Waals surface area contributed by atoms with Crippen molar-refractivity contribution in [3.8, 4) is 11.5 Å². The van der Waals surface area contributed by atoms with Crippen molar-refractivity contribution in [1.82, 2.24) is 10.3 Å². The fraction of sp³-hybridized carbons (Fsp3) is 0.353. The number of nitrogens with zero attached hydrogens (tertiary/aromatic N) is 1. The van der Waals surface area contributed by atoms with Crippen LogP contribution in [-0.4, -0.2) is 25.7 Å².